The molecular weight excluding hydrogens is 312 g/mol. The Bertz CT molecular complexity index is 807. The van der Waals surface area contributed by atoms with E-state index < -0.39 is 0 Å². The van der Waals surface area contributed by atoms with Gasteiger partial charge in [0.2, 0.25) is 5.91 Å². The number of fused-ring (bicyclic) bond motifs is 2. The summed E-state index contributed by atoms with van der Waals surface area (Å²) >= 11 is 0. The summed E-state index contributed by atoms with van der Waals surface area (Å²) in [5.41, 5.74) is 2.75. The second-order valence-corrected chi connectivity index (χ2v) is 7.97. The molecule has 2 aromatic rings. The minimum atomic E-state index is -0.381. The smallest absolute Gasteiger partial charge is 0.234 e. The van der Waals surface area contributed by atoms with Crippen molar-refractivity contribution in [2.75, 3.05) is 5.32 Å². The molecule has 2 aliphatic rings. The van der Waals surface area contributed by atoms with Crippen molar-refractivity contribution in [1.82, 2.24) is 14.8 Å². The summed E-state index contributed by atoms with van der Waals surface area (Å²) in [6.45, 7) is 9.43. The number of hydrogen-bond donors (Lipinski definition) is 1. The average molecular weight is 336 g/mol. The van der Waals surface area contributed by atoms with Crippen LogP contribution in [0.1, 0.15) is 38.7 Å². The second kappa shape index (κ2) is 5.55. The zero-order valence-corrected chi connectivity index (χ0v) is 14.8. The molecule has 130 valence electrons. The highest BCUT2D eigenvalue weighted by molar-refractivity contribution is 5.98. The third kappa shape index (κ3) is 2.49. The second-order valence-electron chi connectivity index (χ2n) is 7.97. The Balaban J connectivity index is 1.47. The molecule has 2 atom stereocenters. The van der Waals surface area contributed by atoms with Crippen LogP contribution in [0.3, 0.4) is 0 Å². The predicted octanol–water partition coefficient (Wildman–Crippen LogP) is 3.65. The molecule has 5 heteroatoms. The van der Waals surface area contributed by atoms with Gasteiger partial charge in [0, 0.05) is 5.69 Å². The highest BCUT2D eigenvalue weighted by Gasteiger charge is 2.60. The van der Waals surface area contributed by atoms with E-state index in [4.69, 9.17) is 0 Å². The Hall–Kier alpha value is -2.43. The molecule has 0 spiro atoms. The van der Waals surface area contributed by atoms with Gasteiger partial charge in [0.05, 0.1) is 12.0 Å². The molecule has 1 aromatic carbocycles. The van der Waals surface area contributed by atoms with Crippen LogP contribution in [0, 0.1) is 16.7 Å². The summed E-state index contributed by atoms with van der Waals surface area (Å²) in [5.74, 6) is 0.686. The van der Waals surface area contributed by atoms with E-state index in [-0.39, 0.29) is 16.7 Å². The maximum Gasteiger partial charge on any atom is 0.234 e. The van der Waals surface area contributed by atoms with Gasteiger partial charge in [-0.3, -0.25) is 4.79 Å². The van der Waals surface area contributed by atoms with E-state index in [1.165, 1.54) is 6.33 Å². The molecule has 0 radical (unpaired) electrons. The van der Waals surface area contributed by atoms with Crippen molar-refractivity contribution < 1.29 is 4.79 Å². The fourth-order valence-electron chi connectivity index (χ4n) is 4.59. The van der Waals surface area contributed by atoms with Crippen molar-refractivity contribution in [2.24, 2.45) is 16.7 Å². The first-order valence-electron chi connectivity index (χ1n) is 8.84. The number of amides is 1. The van der Waals surface area contributed by atoms with Gasteiger partial charge in [-0.05, 0) is 48.3 Å². The summed E-state index contributed by atoms with van der Waals surface area (Å²) in [6.07, 6.45) is 6.21. The lowest BCUT2D eigenvalue weighted by Gasteiger charge is -2.37. The van der Waals surface area contributed by atoms with Crippen molar-refractivity contribution in [1.29, 1.82) is 0 Å². The maximum absolute atomic E-state index is 13.0. The van der Waals surface area contributed by atoms with Crippen LogP contribution in [-0.4, -0.2) is 20.7 Å². The van der Waals surface area contributed by atoms with E-state index in [9.17, 15) is 4.79 Å². The number of carbonyl (C=O) groups is 1. The van der Waals surface area contributed by atoms with Crippen LogP contribution < -0.4 is 5.32 Å². The number of nitrogens with zero attached hydrogens (tertiary/aromatic N) is 3. The lowest BCUT2D eigenvalue weighted by molar-refractivity contribution is -0.123. The largest absolute Gasteiger partial charge is 0.325 e. The Labute approximate surface area is 148 Å². The van der Waals surface area contributed by atoms with Gasteiger partial charge in [0.1, 0.15) is 12.7 Å². The Morgan fingerprint density at radius 3 is 2.72 bits per heavy atom. The zero-order valence-electron chi connectivity index (χ0n) is 14.8. The topological polar surface area (TPSA) is 59.8 Å². The van der Waals surface area contributed by atoms with E-state index in [1.807, 2.05) is 24.3 Å². The van der Waals surface area contributed by atoms with Crippen LogP contribution >= 0.6 is 0 Å². The van der Waals surface area contributed by atoms with Crippen molar-refractivity contribution in [3.05, 3.63) is 54.6 Å². The molecule has 1 heterocycles. The van der Waals surface area contributed by atoms with Gasteiger partial charge in [0.25, 0.3) is 0 Å². The minimum absolute atomic E-state index is 0.0667. The molecule has 2 bridgehead atoms. The molecule has 1 amide bonds. The quantitative estimate of drug-likeness (QED) is 0.867. The average Bonchev–Trinajstić information content (AvgIpc) is 3.29. The standard InChI is InChI=1S/C20H24N4O/c1-14-19(2,3)16-8-9-20(14,10-16)18(25)23-17-6-4-15(5-7-17)11-24-13-21-12-22-24/h4-7,12-13,16H,1,8-11H2,2-3H3,(H,23,25)/t16-,20-/m0/s1. The SMILES string of the molecule is C=C1C(C)(C)[C@H]2CC[C@]1(C(=O)Nc1ccc(Cn3cncn3)cc1)C2. The molecule has 4 rings (SSSR count). The summed E-state index contributed by atoms with van der Waals surface area (Å²) in [6, 6.07) is 7.94. The van der Waals surface area contributed by atoms with E-state index in [2.05, 4.69) is 35.8 Å². The highest BCUT2D eigenvalue weighted by atomic mass is 16.2. The molecule has 0 aliphatic heterocycles. The van der Waals surface area contributed by atoms with Crippen LogP contribution in [0.25, 0.3) is 0 Å². The number of hydrogen-bond acceptors (Lipinski definition) is 3. The van der Waals surface area contributed by atoms with Crippen molar-refractivity contribution in [2.45, 2.75) is 39.7 Å². The molecule has 2 saturated carbocycles. The zero-order chi connectivity index (χ0) is 17.7. The van der Waals surface area contributed by atoms with Crippen LogP contribution in [0.5, 0.6) is 0 Å². The number of aromatic nitrogens is 3. The Kier molecular flexibility index (Phi) is 3.56. The normalized spacial score (nSPS) is 26.8. The van der Waals surface area contributed by atoms with Gasteiger partial charge in [-0.2, -0.15) is 5.10 Å². The number of benzene rings is 1. The number of nitrogens with one attached hydrogen (secondary N) is 1. The summed E-state index contributed by atoms with van der Waals surface area (Å²) < 4.78 is 1.77. The summed E-state index contributed by atoms with van der Waals surface area (Å²) in [5, 5.41) is 7.23. The van der Waals surface area contributed by atoms with E-state index in [1.54, 1.807) is 11.0 Å². The Morgan fingerprint density at radius 2 is 2.12 bits per heavy atom. The van der Waals surface area contributed by atoms with Gasteiger partial charge in [0.15, 0.2) is 0 Å². The molecule has 2 fully saturated rings. The first-order valence-corrected chi connectivity index (χ1v) is 8.84. The minimum Gasteiger partial charge on any atom is -0.325 e. The molecule has 1 aromatic heterocycles. The third-order valence-electron chi connectivity index (χ3n) is 6.35. The van der Waals surface area contributed by atoms with Crippen molar-refractivity contribution in [3.8, 4) is 0 Å². The maximum atomic E-state index is 13.0. The van der Waals surface area contributed by atoms with Gasteiger partial charge in [-0.15, -0.1) is 0 Å². The monoisotopic (exact) mass is 336 g/mol. The van der Waals surface area contributed by atoms with Gasteiger partial charge < -0.3 is 5.32 Å². The van der Waals surface area contributed by atoms with Crippen LogP contribution in [0.15, 0.2) is 49.1 Å². The highest BCUT2D eigenvalue weighted by Crippen LogP contribution is 2.65. The van der Waals surface area contributed by atoms with Crippen LogP contribution in [0.4, 0.5) is 5.69 Å². The molecule has 0 saturated heterocycles. The van der Waals surface area contributed by atoms with Crippen molar-refractivity contribution in [3.63, 3.8) is 0 Å². The third-order valence-corrected chi connectivity index (χ3v) is 6.35. The molecular formula is C20H24N4O. The van der Waals surface area contributed by atoms with Gasteiger partial charge >= 0.3 is 0 Å². The number of anilines is 1. The fourth-order valence-corrected chi connectivity index (χ4v) is 4.59. The molecule has 0 unspecified atom stereocenters. The molecule has 25 heavy (non-hydrogen) atoms. The first kappa shape index (κ1) is 16.1. The number of rotatable bonds is 4. The predicted molar refractivity (Wildman–Crippen MR) is 96.9 cm³/mol. The summed E-state index contributed by atoms with van der Waals surface area (Å²) in [7, 11) is 0. The number of carbonyl (C=O) groups excluding carboxylic acids is 1. The van der Waals surface area contributed by atoms with Gasteiger partial charge in [-0.25, -0.2) is 9.67 Å². The van der Waals surface area contributed by atoms with Crippen LogP contribution in [-0.2, 0) is 11.3 Å². The van der Waals surface area contributed by atoms with Crippen molar-refractivity contribution >= 4 is 11.6 Å². The first-order chi connectivity index (χ1) is 11.9. The van der Waals surface area contributed by atoms with Crippen LogP contribution in [0.2, 0.25) is 0 Å². The summed E-state index contributed by atoms with van der Waals surface area (Å²) in [4.78, 5) is 17.0. The Morgan fingerprint density at radius 1 is 1.36 bits per heavy atom. The lowest BCUT2D eigenvalue weighted by atomic mass is 9.68. The van der Waals surface area contributed by atoms with E-state index >= 15 is 0 Å². The molecule has 5 nitrogen and oxygen atoms in total. The molecule has 2 aliphatic carbocycles. The fraction of sp³-hybridized carbons (Fsp3) is 0.450. The lowest BCUT2D eigenvalue weighted by Crippen LogP contribution is -2.37. The molecule has 1 N–H and O–H groups in total. The van der Waals surface area contributed by atoms with Gasteiger partial charge in [-0.1, -0.05) is 38.1 Å². The van der Waals surface area contributed by atoms with E-state index in [0.717, 1.165) is 36.1 Å². The van der Waals surface area contributed by atoms with E-state index in [0.29, 0.717) is 12.5 Å².